The molecule has 2 aliphatic rings. The predicted octanol–water partition coefficient (Wildman–Crippen LogP) is 1.51. The summed E-state index contributed by atoms with van der Waals surface area (Å²) in [5.74, 6) is -7.38. The molecule has 0 bridgehead atoms. The summed E-state index contributed by atoms with van der Waals surface area (Å²) in [6.07, 6.45) is -4.28. The minimum Gasteiger partial charge on any atom is -0.371 e. The molecule has 9 nitrogen and oxygen atoms in total. The summed E-state index contributed by atoms with van der Waals surface area (Å²) in [7, 11) is 0. The highest BCUT2D eigenvalue weighted by atomic mass is 19.4. The number of hydrogen-bond acceptors (Lipinski definition) is 7. The van der Waals surface area contributed by atoms with Gasteiger partial charge in [0.05, 0.1) is 5.56 Å². The third-order valence-electron chi connectivity index (χ3n) is 5.39. The average molecular weight is 473 g/mol. The van der Waals surface area contributed by atoms with Crippen molar-refractivity contribution in [2.24, 2.45) is 5.92 Å². The summed E-state index contributed by atoms with van der Waals surface area (Å²) in [5, 5.41) is 1.69. The maximum Gasteiger partial charge on any atom is 0.493 e. The number of piperidine rings is 2. The Morgan fingerprint density at radius 1 is 1.15 bits per heavy atom. The van der Waals surface area contributed by atoms with E-state index in [0.717, 1.165) is 18.4 Å². The van der Waals surface area contributed by atoms with Crippen molar-refractivity contribution in [1.82, 2.24) is 10.4 Å². The van der Waals surface area contributed by atoms with Crippen LogP contribution in [0.15, 0.2) is 18.2 Å². The van der Waals surface area contributed by atoms with Crippen LogP contribution in [0.2, 0.25) is 0 Å². The number of alkyl halides is 3. The summed E-state index contributed by atoms with van der Waals surface area (Å²) >= 11 is 0. The molecule has 1 N–H and O–H groups in total. The van der Waals surface area contributed by atoms with Crippen molar-refractivity contribution >= 4 is 35.7 Å². The predicted molar refractivity (Wildman–Crippen MR) is 102 cm³/mol. The molecule has 13 heteroatoms. The van der Waals surface area contributed by atoms with Crippen LogP contribution in [0.25, 0.3) is 0 Å². The van der Waals surface area contributed by atoms with Crippen LogP contribution in [0.3, 0.4) is 0 Å². The molecule has 0 radical (unpaired) electrons. The zero-order chi connectivity index (χ0) is 24.3. The number of carbonyl (C=O) groups is 5. The van der Waals surface area contributed by atoms with E-state index >= 15 is 0 Å². The monoisotopic (exact) mass is 473 g/mol. The van der Waals surface area contributed by atoms with Crippen LogP contribution in [0.4, 0.5) is 23.2 Å². The quantitative estimate of drug-likeness (QED) is 0.305. The fourth-order valence-corrected chi connectivity index (χ4v) is 3.58. The lowest BCUT2D eigenvalue weighted by atomic mass is 9.98. The molecule has 3 amide bonds. The van der Waals surface area contributed by atoms with Gasteiger partial charge in [0, 0.05) is 31.1 Å². The highest BCUT2D eigenvalue weighted by Crippen LogP contribution is 2.27. The lowest BCUT2D eigenvalue weighted by Gasteiger charge is -2.32. The number of aldehydes is 1. The van der Waals surface area contributed by atoms with Gasteiger partial charge in [0.15, 0.2) is 6.04 Å². The van der Waals surface area contributed by atoms with Gasteiger partial charge in [-0.25, -0.2) is 9.18 Å². The third-order valence-corrected chi connectivity index (χ3v) is 5.39. The molecule has 0 aliphatic carbocycles. The highest BCUT2D eigenvalue weighted by Gasteiger charge is 2.46. The van der Waals surface area contributed by atoms with E-state index in [1.165, 1.54) is 6.07 Å². The number of nitrogens with one attached hydrogen (secondary N) is 1. The van der Waals surface area contributed by atoms with E-state index < -0.39 is 53.7 Å². The SMILES string of the molecule is O=CC1CCN(c2ccc(C(=O)N(OC(=O)C(F)(F)F)[C@H]3CCC(=O)NC3=O)c(F)c2)CC1. The van der Waals surface area contributed by atoms with Crippen LogP contribution in [0, 0.1) is 11.7 Å². The average Bonchev–Trinajstić information content (AvgIpc) is 2.76. The minimum absolute atomic E-state index is 0.0997. The molecule has 178 valence electrons. The van der Waals surface area contributed by atoms with Crippen LogP contribution in [0.5, 0.6) is 0 Å². The summed E-state index contributed by atoms with van der Waals surface area (Å²) in [4.78, 5) is 64.4. The number of nitrogens with zero attached hydrogens (tertiary/aromatic N) is 2. The zero-order valence-electron chi connectivity index (χ0n) is 17.1. The van der Waals surface area contributed by atoms with Gasteiger partial charge in [-0.05, 0) is 37.5 Å². The van der Waals surface area contributed by atoms with E-state index in [-0.39, 0.29) is 17.4 Å². The van der Waals surface area contributed by atoms with Crippen LogP contribution in [-0.2, 0) is 24.0 Å². The first-order chi connectivity index (χ1) is 15.5. The van der Waals surface area contributed by atoms with Crippen molar-refractivity contribution in [3.63, 3.8) is 0 Å². The lowest BCUT2D eigenvalue weighted by Crippen LogP contribution is -2.55. The van der Waals surface area contributed by atoms with E-state index in [0.29, 0.717) is 31.6 Å². The van der Waals surface area contributed by atoms with Crippen LogP contribution >= 0.6 is 0 Å². The Bertz CT molecular complexity index is 975. The molecule has 2 heterocycles. The molecule has 0 aromatic heterocycles. The van der Waals surface area contributed by atoms with Gasteiger partial charge in [0.2, 0.25) is 5.91 Å². The van der Waals surface area contributed by atoms with Crippen LogP contribution in [0.1, 0.15) is 36.0 Å². The van der Waals surface area contributed by atoms with Crippen molar-refractivity contribution in [2.45, 2.75) is 37.9 Å². The van der Waals surface area contributed by atoms with Crippen molar-refractivity contribution in [1.29, 1.82) is 0 Å². The van der Waals surface area contributed by atoms with Crippen molar-refractivity contribution in [3.8, 4) is 0 Å². The van der Waals surface area contributed by atoms with E-state index in [9.17, 15) is 41.5 Å². The first-order valence-electron chi connectivity index (χ1n) is 9.97. The second-order valence-corrected chi connectivity index (χ2v) is 7.60. The second kappa shape index (κ2) is 9.55. The van der Waals surface area contributed by atoms with Gasteiger partial charge < -0.3 is 14.5 Å². The van der Waals surface area contributed by atoms with E-state index in [1.54, 1.807) is 4.90 Å². The minimum atomic E-state index is -5.49. The highest BCUT2D eigenvalue weighted by molar-refractivity contribution is 6.04. The van der Waals surface area contributed by atoms with Crippen molar-refractivity contribution in [2.75, 3.05) is 18.0 Å². The maximum atomic E-state index is 14.8. The standard InChI is InChI=1S/C20H19F4N3O6/c21-14-9-12(26-7-5-11(10-28)6-8-26)1-2-13(14)18(31)27(33-19(32)20(22,23)24)15-3-4-16(29)25-17(15)30/h1-2,9-11,15H,3-8H2,(H,25,29,30)/t15-/m0/s1. The molecule has 0 saturated carbocycles. The number of imide groups is 1. The van der Waals surface area contributed by atoms with E-state index in [4.69, 9.17) is 0 Å². The van der Waals surface area contributed by atoms with Crippen molar-refractivity contribution in [3.05, 3.63) is 29.6 Å². The summed E-state index contributed by atoms with van der Waals surface area (Å²) < 4.78 is 53.0. The number of anilines is 1. The molecule has 0 unspecified atom stereocenters. The maximum absolute atomic E-state index is 14.8. The van der Waals surface area contributed by atoms with Crippen LogP contribution < -0.4 is 10.2 Å². The molecule has 33 heavy (non-hydrogen) atoms. The molecular formula is C20H19F4N3O6. The number of rotatable bonds is 4. The molecule has 2 aliphatic heterocycles. The number of hydrogen-bond donors (Lipinski definition) is 1. The summed E-state index contributed by atoms with van der Waals surface area (Å²) in [6, 6.07) is 1.58. The number of amides is 3. The zero-order valence-corrected chi connectivity index (χ0v) is 17.1. The number of halogens is 4. The molecule has 3 rings (SSSR count). The molecule has 1 atom stereocenters. The van der Waals surface area contributed by atoms with Gasteiger partial charge in [0.25, 0.3) is 11.8 Å². The van der Waals surface area contributed by atoms with Gasteiger partial charge in [-0.1, -0.05) is 0 Å². The fourth-order valence-electron chi connectivity index (χ4n) is 3.58. The largest absolute Gasteiger partial charge is 0.493 e. The van der Waals surface area contributed by atoms with Gasteiger partial charge in [0.1, 0.15) is 12.1 Å². The molecule has 0 spiro atoms. The molecular weight excluding hydrogens is 454 g/mol. The third kappa shape index (κ3) is 5.46. The lowest BCUT2D eigenvalue weighted by molar-refractivity contribution is -0.234. The first-order valence-corrected chi connectivity index (χ1v) is 9.97. The Morgan fingerprint density at radius 3 is 2.36 bits per heavy atom. The molecule has 1 aromatic carbocycles. The summed E-state index contributed by atoms with van der Waals surface area (Å²) in [6.45, 7) is 0.920. The Morgan fingerprint density at radius 2 is 1.82 bits per heavy atom. The first kappa shape index (κ1) is 24.1. The molecule has 2 fully saturated rings. The van der Waals surface area contributed by atoms with Gasteiger partial charge >= 0.3 is 12.1 Å². The topological polar surface area (TPSA) is 113 Å². The number of carbonyl (C=O) groups excluding carboxylic acids is 5. The second-order valence-electron chi connectivity index (χ2n) is 7.60. The Kier molecular flexibility index (Phi) is 6.98. The smallest absolute Gasteiger partial charge is 0.371 e. The summed E-state index contributed by atoms with van der Waals surface area (Å²) in [5.41, 5.74) is -0.352. The molecule has 2 saturated heterocycles. The van der Waals surface area contributed by atoms with Crippen LogP contribution in [-0.4, -0.2) is 60.3 Å². The Balaban J connectivity index is 1.85. The van der Waals surface area contributed by atoms with Crippen molar-refractivity contribution < 1.29 is 46.4 Å². The van der Waals surface area contributed by atoms with E-state index in [1.807, 2.05) is 5.32 Å². The Labute approximate surface area is 184 Å². The number of hydroxylamine groups is 2. The van der Waals surface area contributed by atoms with Gasteiger partial charge in [-0.15, -0.1) is 0 Å². The molecule has 1 aromatic rings. The van der Waals surface area contributed by atoms with Gasteiger partial charge in [-0.3, -0.25) is 19.7 Å². The van der Waals surface area contributed by atoms with E-state index in [2.05, 4.69) is 4.84 Å². The fraction of sp³-hybridized carbons (Fsp3) is 0.450. The Hall–Kier alpha value is -3.51. The normalized spacial score (nSPS) is 19.6. The number of benzene rings is 1. The van der Waals surface area contributed by atoms with Gasteiger partial charge in [-0.2, -0.15) is 18.2 Å².